The standard InChI is InChI=1S/C16H14F2N2O/c1-9-6-10(2)14-13(7-9)19-15(20-14)11-4-3-5-12(8-11)21-16(17)18/h3-8,16H,1-2H3,(H,19,20). The number of nitrogens with one attached hydrogen (secondary N) is 1. The van der Waals surface area contributed by atoms with Crippen LogP contribution in [0.1, 0.15) is 11.1 Å². The molecular formula is C16H14F2N2O. The lowest BCUT2D eigenvalue weighted by atomic mass is 10.1. The highest BCUT2D eigenvalue weighted by atomic mass is 19.3. The zero-order chi connectivity index (χ0) is 15.0. The van der Waals surface area contributed by atoms with Gasteiger partial charge < -0.3 is 9.72 Å². The lowest BCUT2D eigenvalue weighted by Crippen LogP contribution is -2.01. The summed E-state index contributed by atoms with van der Waals surface area (Å²) >= 11 is 0. The van der Waals surface area contributed by atoms with Gasteiger partial charge >= 0.3 is 6.61 Å². The molecule has 0 atom stereocenters. The first-order valence-corrected chi connectivity index (χ1v) is 6.55. The van der Waals surface area contributed by atoms with Gasteiger partial charge in [-0.15, -0.1) is 0 Å². The Morgan fingerprint density at radius 1 is 1.14 bits per heavy atom. The molecule has 0 bridgehead atoms. The summed E-state index contributed by atoms with van der Waals surface area (Å²) in [7, 11) is 0. The predicted molar refractivity (Wildman–Crippen MR) is 77.6 cm³/mol. The van der Waals surface area contributed by atoms with Crippen LogP contribution in [0.25, 0.3) is 22.4 Å². The quantitative estimate of drug-likeness (QED) is 0.773. The van der Waals surface area contributed by atoms with Gasteiger partial charge in [-0.25, -0.2) is 4.98 Å². The zero-order valence-electron chi connectivity index (χ0n) is 11.7. The summed E-state index contributed by atoms with van der Waals surface area (Å²) in [5, 5.41) is 0. The molecule has 0 saturated carbocycles. The Balaban J connectivity index is 2.06. The van der Waals surface area contributed by atoms with Crippen LogP contribution in [-0.4, -0.2) is 16.6 Å². The van der Waals surface area contributed by atoms with Crippen molar-refractivity contribution in [1.82, 2.24) is 9.97 Å². The number of imidazole rings is 1. The first kappa shape index (κ1) is 13.5. The third kappa shape index (κ3) is 2.72. The van der Waals surface area contributed by atoms with Gasteiger partial charge in [-0.2, -0.15) is 8.78 Å². The first-order valence-electron chi connectivity index (χ1n) is 6.55. The third-order valence-corrected chi connectivity index (χ3v) is 3.25. The second kappa shape index (κ2) is 5.16. The van der Waals surface area contributed by atoms with Crippen molar-refractivity contribution in [3.05, 3.63) is 47.5 Å². The molecule has 0 aliphatic heterocycles. The molecule has 1 aromatic heterocycles. The van der Waals surface area contributed by atoms with E-state index in [-0.39, 0.29) is 5.75 Å². The van der Waals surface area contributed by atoms with Gasteiger partial charge in [0, 0.05) is 5.56 Å². The molecule has 108 valence electrons. The van der Waals surface area contributed by atoms with Gasteiger partial charge in [0.15, 0.2) is 0 Å². The normalized spacial score (nSPS) is 11.3. The molecule has 0 saturated heterocycles. The average molecular weight is 288 g/mol. The number of fused-ring (bicyclic) bond motifs is 1. The van der Waals surface area contributed by atoms with E-state index in [1.165, 1.54) is 6.07 Å². The molecule has 0 aliphatic carbocycles. The number of nitrogens with zero attached hydrogens (tertiary/aromatic N) is 1. The topological polar surface area (TPSA) is 37.9 Å². The number of hydrogen-bond acceptors (Lipinski definition) is 2. The van der Waals surface area contributed by atoms with Gasteiger partial charge in [-0.1, -0.05) is 18.2 Å². The highest BCUT2D eigenvalue weighted by Gasteiger charge is 2.10. The number of hydrogen-bond donors (Lipinski definition) is 1. The summed E-state index contributed by atoms with van der Waals surface area (Å²) in [5.74, 6) is 0.759. The highest BCUT2D eigenvalue weighted by Crippen LogP contribution is 2.26. The molecule has 0 aliphatic rings. The molecule has 5 heteroatoms. The number of aryl methyl sites for hydroxylation is 2. The Morgan fingerprint density at radius 2 is 1.95 bits per heavy atom. The van der Waals surface area contributed by atoms with Crippen LogP contribution in [-0.2, 0) is 0 Å². The minimum atomic E-state index is -2.83. The summed E-state index contributed by atoms with van der Waals surface area (Å²) in [6.45, 7) is 1.18. The number of H-pyrrole nitrogens is 1. The number of aromatic nitrogens is 2. The summed E-state index contributed by atoms with van der Waals surface area (Å²) in [6, 6.07) is 10.6. The Kier molecular flexibility index (Phi) is 3.33. The van der Waals surface area contributed by atoms with Crippen molar-refractivity contribution in [3.63, 3.8) is 0 Å². The van der Waals surface area contributed by atoms with E-state index < -0.39 is 6.61 Å². The van der Waals surface area contributed by atoms with E-state index in [1.54, 1.807) is 18.2 Å². The number of ether oxygens (including phenoxy) is 1. The number of aromatic amines is 1. The van der Waals surface area contributed by atoms with Crippen molar-refractivity contribution in [3.8, 4) is 17.1 Å². The first-order chi connectivity index (χ1) is 10.0. The average Bonchev–Trinajstić information content (AvgIpc) is 2.82. The summed E-state index contributed by atoms with van der Waals surface area (Å²) in [4.78, 5) is 7.77. The van der Waals surface area contributed by atoms with Gasteiger partial charge in [-0.3, -0.25) is 0 Å². The van der Waals surface area contributed by atoms with E-state index >= 15 is 0 Å². The lowest BCUT2D eigenvalue weighted by molar-refractivity contribution is -0.0498. The van der Waals surface area contributed by atoms with Crippen molar-refractivity contribution in [2.45, 2.75) is 20.5 Å². The van der Waals surface area contributed by atoms with Crippen LogP contribution in [0.15, 0.2) is 36.4 Å². The number of rotatable bonds is 3. The number of halogens is 2. The molecule has 3 nitrogen and oxygen atoms in total. The molecule has 2 aromatic carbocycles. The molecule has 1 N–H and O–H groups in total. The minimum Gasteiger partial charge on any atom is -0.435 e. The summed E-state index contributed by atoms with van der Waals surface area (Å²) < 4.78 is 29.0. The van der Waals surface area contributed by atoms with Crippen molar-refractivity contribution in [2.24, 2.45) is 0 Å². The van der Waals surface area contributed by atoms with Gasteiger partial charge in [0.1, 0.15) is 11.6 Å². The van der Waals surface area contributed by atoms with Crippen LogP contribution in [0, 0.1) is 13.8 Å². The van der Waals surface area contributed by atoms with Gasteiger partial charge in [0.25, 0.3) is 0 Å². The Morgan fingerprint density at radius 3 is 2.71 bits per heavy atom. The number of alkyl halides is 2. The molecule has 0 spiro atoms. The minimum absolute atomic E-state index is 0.121. The van der Waals surface area contributed by atoms with Gasteiger partial charge in [-0.05, 0) is 43.2 Å². The SMILES string of the molecule is Cc1cc(C)c2nc(-c3cccc(OC(F)F)c3)[nH]c2c1. The Hall–Kier alpha value is -2.43. The molecule has 1 heterocycles. The molecule has 0 radical (unpaired) electrons. The van der Waals surface area contributed by atoms with Gasteiger partial charge in [0.05, 0.1) is 11.0 Å². The number of benzene rings is 2. The molecule has 3 aromatic rings. The Labute approximate surface area is 120 Å². The van der Waals surface area contributed by atoms with E-state index in [9.17, 15) is 8.78 Å². The maximum absolute atomic E-state index is 12.3. The maximum Gasteiger partial charge on any atom is 0.387 e. The molecule has 0 fully saturated rings. The van der Waals surface area contributed by atoms with E-state index in [0.29, 0.717) is 11.4 Å². The smallest absolute Gasteiger partial charge is 0.387 e. The van der Waals surface area contributed by atoms with Gasteiger partial charge in [0.2, 0.25) is 0 Å². The van der Waals surface area contributed by atoms with Crippen LogP contribution in [0.3, 0.4) is 0 Å². The van der Waals surface area contributed by atoms with E-state index in [4.69, 9.17) is 0 Å². The van der Waals surface area contributed by atoms with Crippen molar-refractivity contribution >= 4 is 11.0 Å². The second-order valence-corrected chi connectivity index (χ2v) is 4.97. The largest absolute Gasteiger partial charge is 0.435 e. The Bertz CT molecular complexity index is 796. The monoisotopic (exact) mass is 288 g/mol. The van der Waals surface area contributed by atoms with Crippen molar-refractivity contribution in [2.75, 3.05) is 0 Å². The van der Waals surface area contributed by atoms with Crippen molar-refractivity contribution in [1.29, 1.82) is 0 Å². The predicted octanol–water partition coefficient (Wildman–Crippen LogP) is 4.45. The van der Waals surface area contributed by atoms with E-state index in [1.807, 2.05) is 19.9 Å². The fourth-order valence-electron chi connectivity index (χ4n) is 2.43. The van der Waals surface area contributed by atoms with Crippen LogP contribution in [0.4, 0.5) is 8.78 Å². The highest BCUT2D eigenvalue weighted by molar-refractivity contribution is 5.83. The molecule has 21 heavy (non-hydrogen) atoms. The molecule has 0 unspecified atom stereocenters. The van der Waals surface area contributed by atoms with Crippen LogP contribution < -0.4 is 4.74 Å². The fraction of sp³-hybridized carbons (Fsp3) is 0.188. The summed E-state index contributed by atoms with van der Waals surface area (Å²) in [6.07, 6.45) is 0. The zero-order valence-corrected chi connectivity index (χ0v) is 11.7. The third-order valence-electron chi connectivity index (χ3n) is 3.25. The van der Waals surface area contributed by atoms with Crippen LogP contribution >= 0.6 is 0 Å². The van der Waals surface area contributed by atoms with Crippen LogP contribution in [0.2, 0.25) is 0 Å². The molecular weight excluding hydrogens is 274 g/mol. The second-order valence-electron chi connectivity index (χ2n) is 4.97. The van der Waals surface area contributed by atoms with E-state index in [0.717, 1.165) is 22.2 Å². The van der Waals surface area contributed by atoms with Crippen LogP contribution in [0.5, 0.6) is 5.75 Å². The van der Waals surface area contributed by atoms with E-state index in [2.05, 4.69) is 20.8 Å². The molecule has 3 rings (SSSR count). The lowest BCUT2D eigenvalue weighted by Gasteiger charge is -2.05. The maximum atomic E-state index is 12.3. The van der Waals surface area contributed by atoms with Crippen molar-refractivity contribution < 1.29 is 13.5 Å². The molecule has 0 amide bonds. The fourth-order valence-corrected chi connectivity index (χ4v) is 2.43. The summed E-state index contributed by atoms with van der Waals surface area (Å²) in [5.41, 5.74) is 4.75.